The van der Waals surface area contributed by atoms with Crippen LogP contribution >= 0.6 is 0 Å². The summed E-state index contributed by atoms with van der Waals surface area (Å²) in [5, 5.41) is 1.28. The van der Waals surface area contributed by atoms with Gasteiger partial charge in [0, 0.05) is 56.2 Å². The van der Waals surface area contributed by atoms with Crippen molar-refractivity contribution in [1.82, 2.24) is 9.88 Å². The van der Waals surface area contributed by atoms with Gasteiger partial charge in [0.25, 0.3) is 0 Å². The number of aromatic amines is 1. The SMILES string of the molecule is COc1ccc(N2CCN(Cc3ccc4[nH]ccc4c3)CC2)cc1OC. The fourth-order valence-corrected chi connectivity index (χ4v) is 3.65. The molecular formula is C21H25N3O2. The van der Waals surface area contributed by atoms with Gasteiger partial charge in [-0.1, -0.05) is 6.07 Å². The van der Waals surface area contributed by atoms with Gasteiger partial charge in [-0.2, -0.15) is 0 Å². The highest BCUT2D eigenvalue weighted by Crippen LogP contribution is 2.32. The van der Waals surface area contributed by atoms with Crippen LogP contribution in [0.3, 0.4) is 0 Å². The molecule has 5 nitrogen and oxygen atoms in total. The third-order valence-corrected chi connectivity index (χ3v) is 5.13. The average molecular weight is 351 g/mol. The van der Waals surface area contributed by atoms with Crippen LogP contribution in [-0.2, 0) is 6.54 Å². The van der Waals surface area contributed by atoms with E-state index in [4.69, 9.17) is 9.47 Å². The lowest BCUT2D eigenvalue weighted by Crippen LogP contribution is -2.45. The van der Waals surface area contributed by atoms with Gasteiger partial charge in [0.1, 0.15) is 0 Å². The summed E-state index contributed by atoms with van der Waals surface area (Å²) in [6.07, 6.45) is 2.00. The zero-order chi connectivity index (χ0) is 17.9. The van der Waals surface area contributed by atoms with E-state index in [0.717, 1.165) is 44.2 Å². The van der Waals surface area contributed by atoms with E-state index in [-0.39, 0.29) is 0 Å². The van der Waals surface area contributed by atoms with Gasteiger partial charge in [0.15, 0.2) is 11.5 Å². The molecule has 1 aliphatic rings. The Kier molecular flexibility index (Phi) is 4.71. The van der Waals surface area contributed by atoms with Gasteiger partial charge >= 0.3 is 0 Å². The molecule has 2 aromatic carbocycles. The third-order valence-electron chi connectivity index (χ3n) is 5.13. The molecular weight excluding hydrogens is 326 g/mol. The molecule has 0 unspecified atom stereocenters. The number of ether oxygens (including phenoxy) is 2. The lowest BCUT2D eigenvalue weighted by Gasteiger charge is -2.36. The Morgan fingerprint density at radius 1 is 0.885 bits per heavy atom. The minimum absolute atomic E-state index is 0.773. The molecule has 0 saturated carbocycles. The van der Waals surface area contributed by atoms with Gasteiger partial charge in [-0.15, -0.1) is 0 Å². The van der Waals surface area contributed by atoms with Crippen LogP contribution in [0.1, 0.15) is 5.56 Å². The molecule has 1 fully saturated rings. The van der Waals surface area contributed by atoms with Crippen LogP contribution in [0.15, 0.2) is 48.7 Å². The van der Waals surface area contributed by atoms with Crippen LogP contribution in [0, 0.1) is 0 Å². The summed E-state index contributed by atoms with van der Waals surface area (Å²) in [5.41, 5.74) is 3.76. The van der Waals surface area contributed by atoms with Gasteiger partial charge in [-0.3, -0.25) is 4.90 Å². The molecule has 0 aliphatic carbocycles. The van der Waals surface area contributed by atoms with Gasteiger partial charge in [-0.05, 0) is 41.3 Å². The lowest BCUT2D eigenvalue weighted by molar-refractivity contribution is 0.250. The van der Waals surface area contributed by atoms with Crippen molar-refractivity contribution in [2.24, 2.45) is 0 Å². The van der Waals surface area contributed by atoms with E-state index < -0.39 is 0 Å². The average Bonchev–Trinajstić information content (AvgIpc) is 3.16. The van der Waals surface area contributed by atoms with Gasteiger partial charge in [0.05, 0.1) is 14.2 Å². The molecule has 1 saturated heterocycles. The molecule has 136 valence electrons. The molecule has 1 aromatic heterocycles. The highest BCUT2D eigenvalue weighted by Gasteiger charge is 2.18. The van der Waals surface area contributed by atoms with Crippen LogP contribution in [0.2, 0.25) is 0 Å². The smallest absolute Gasteiger partial charge is 0.162 e. The quantitative estimate of drug-likeness (QED) is 0.764. The highest BCUT2D eigenvalue weighted by atomic mass is 16.5. The maximum absolute atomic E-state index is 5.43. The molecule has 0 bridgehead atoms. The Morgan fingerprint density at radius 3 is 2.46 bits per heavy atom. The second-order valence-corrected chi connectivity index (χ2v) is 6.70. The third kappa shape index (κ3) is 3.35. The Labute approximate surface area is 154 Å². The maximum Gasteiger partial charge on any atom is 0.162 e. The van der Waals surface area contributed by atoms with Crippen molar-refractivity contribution in [3.8, 4) is 11.5 Å². The molecule has 0 amide bonds. The first kappa shape index (κ1) is 16.8. The van der Waals surface area contributed by atoms with Crippen molar-refractivity contribution in [3.63, 3.8) is 0 Å². The zero-order valence-corrected chi connectivity index (χ0v) is 15.4. The number of nitrogens with zero attached hydrogens (tertiary/aromatic N) is 2. The summed E-state index contributed by atoms with van der Waals surface area (Å²) >= 11 is 0. The number of aromatic nitrogens is 1. The molecule has 1 aliphatic heterocycles. The Balaban J connectivity index is 1.39. The number of methoxy groups -OCH3 is 2. The Hall–Kier alpha value is -2.66. The number of benzene rings is 2. The Morgan fingerprint density at radius 2 is 1.69 bits per heavy atom. The first-order valence-corrected chi connectivity index (χ1v) is 9.02. The molecule has 4 rings (SSSR count). The van der Waals surface area contributed by atoms with E-state index in [1.54, 1.807) is 14.2 Å². The predicted octanol–water partition coefficient (Wildman–Crippen LogP) is 3.51. The normalized spacial score (nSPS) is 15.4. The number of nitrogens with one attached hydrogen (secondary N) is 1. The van der Waals surface area contributed by atoms with Crippen LogP contribution in [0.25, 0.3) is 10.9 Å². The molecule has 0 atom stereocenters. The highest BCUT2D eigenvalue weighted by molar-refractivity contribution is 5.79. The lowest BCUT2D eigenvalue weighted by atomic mass is 10.1. The van der Waals surface area contributed by atoms with Gasteiger partial charge in [-0.25, -0.2) is 0 Å². The summed E-state index contributed by atoms with van der Waals surface area (Å²) in [4.78, 5) is 8.18. The number of anilines is 1. The molecule has 0 radical (unpaired) electrons. The fraction of sp³-hybridized carbons (Fsp3) is 0.333. The number of H-pyrrole nitrogens is 1. The largest absolute Gasteiger partial charge is 0.493 e. The minimum atomic E-state index is 0.773. The summed E-state index contributed by atoms with van der Waals surface area (Å²) in [5.74, 6) is 1.56. The van der Waals surface area contributed by atoms with Crippen molar-refractivity contribution in [2.45, 2.75) is 6.54 Å². The summed E-state index contributed by atoms with van der Waals surface area (Å²) < 4.78 is 10.8. The zero-order valence-electron chi connectivity index (χ0n) is 15.4. The van der Waals surface area contributed by atoms with Crippen LogP contribution in [-0.4, -0.2) is 50.3 Å². The monoisotopic (exact) mass is 351 g/mol. The van der Waals surface area contributed by atoms with E-state index in [9.17, 15) is 0 Å². The summed E-state index contributed by atoms with van der Waals surface area (Å²) in [6, 6.07) is 15.0. The standard InChI is InChI=1S/C21H25N3O2/c1-25-20-6-4-18(14-21(20)26-2)24-11-9-23(10-12-24)15-16-3-5-19-17(13-16)7-8-22-19/h3-8,13-14,22H,9-12,15H2,1-2H3. The number of piperazine rings is 1. The second kappa shape index (κ2) is 7.30. The topological polar surface area (TPSA) is 40.7 Å². The number of hydrogen-bond donors (Lipinski definition) is 1. The molecule has 5 heteroatoms. The predicted molar refractivity (Wildman–Crippen MR) is 105 cm³/mol. The molecule has 26 heavy (non-hydrogen) atoms. The summed E-state index contributed by atoms with van der Waals surface area (Å²) in [6.45, 7) is 5.14. The van der Waals surface area contributed by atoms with Gasteiger partial charge in [0.2, 0.25) is 0 Å². The Bertz CT molecular complexity index is 882. The van der Waals surface area contributed by atoms with Crippen molar-refractivity contribution < 1.29 is 9.47 Å². The van der Waals surface area contributed by atoms with Crippen molar-refractivity contribution in [3.05, 3.63) is 54.2 Å². The fourth-order valence-electron chi connectivity index (χ4n) is 3.65. The van der Waals surface area contributed by atoms with E-state index in [1.165, 1.54) is 22.2 Å². The van der Waals surface area contributed by atoms with E-state index in [2.05, 4.69) is 51.2 Å². The van der Waals surface area contributed by atoms with E-state index >= 15 is 0 Å². The number of rotatable bonds is 5. The van der Waals surface area contributed by atoms with Crippen LogP contribution in [0.4, 0.5) is 5.69 Å². The molecule has 2 heterocycles. The van der Waals surface area contributed by atoms with Gasteiger partial charge < -0.3 is 19.4 Å². The number of hydrogen-bond acceptors (Lipinski definition) is 4. The van der Waals surface area contributed by atoms with Crippen molar-refractivity contribution in [1.29, 1.82) is 0 Å². The first-order chi connectivity index (χ1) is 12.8. The van der Waals surface area contributed by atoms with E-state index in [0.29, 0.717) is 0 Å². The molecule has 3 aromatic rings. The molecule has 1 N–H and O–H groups in total. The van der Waals surface area contributed by atoms with Crippen molar-refractivity contribution >= 4 is 16.6 Å². The second-order valence-electron chi connectivity index (χ2n) is 6.70. The first-order valence-electron chi connectivity index (χ1n) is 9.02. The molecule has 0 spiro atoms. The summed E-state index contributed by atoms with van der Waals surface area (Å²) in [7, 11) is 3.35. The van der Waals surface area contributed by atoms with E-state index in [1.807, 2.05) is 12.3 Å². The van der Waals surface area contributed by atoms with Crippen LogP contribution in [0.5, 0.6) is 11.5 Å². The maximum atomic E-state index is 5.43. The van der Waals surface area contributed by atoms with Crippen LogP contribution < -0.4 is 14.4 Å². The van der Waals surface area contributed by atoms with Crippen molar-refractivity contribution in [2.75, 3.05) is 45.3 Å². The number of fused-ring (bicyclic) bond motifs is 1. The minimum Gasteiger partial charge on any atom is -0.493 e.